The van der Waals surface area contributed by atoms with E-state index in [2.05, 4.69) is 20.9 Å². The van der Waals surface area contributed by atoms with E-state index in [1.165, 1.54) is 12.3 Å². The maximum Gasteiger partial charge on any atom is 0.399 e. The number of hydrogen-bond acceptors (Lipinski definition) is 1. The van der Waals surface area contributed by atoms with Gasteiger partial charge in [-0.15, -0.1) is 0 Å². The quantitative estimate of drug-likeness (QED) is 0.761. The normalized spacial score (nSPS) is 19.7. The number of nitrogens with zero attached hydrogens (tertiary/aromatic N) is 1. The topological polar surface area (TPSA) is 12.9 Å². The number of rotatable bonds is 1. The molecule has 0 atom stereocenters. The van der Waals surface area contributed by atoms with Gasteiger partial charge in [-0.05, 0) is 40.9 Å². The summed E-state index contributed by atoms with van der Waals surface area (Å²) in [7, 11) is 0. The Hall–Kier alpha value is -0.580. The van der Waals surface area contributed by atoms with E-state index in [0.717, 1.165) is 0 Å². The number of aromatic nitrogens is 1. The van der Waals surface area contributed by atoms with Crippen molar-refractivity contribution in [2.24, 2.45) is 0 Å². The summed E-state index contributed by atoms with van der Waals surface area (Å²) in [6.07, 6.45) is -1.83. The third kappa shape index (κ3) is 1.67. The summed E-state index contributed by atoms with van der Waals surface area (Å²) in [6, 6.07) is 3.06. The lowest BCUT2D eigenvalue weighted by Gasteiger charge is -2.42. The van der Waals surface area contributed by atoms with Crippen LogP contribution in [0.3, 0.4) is 0 Å². The van der Waals surface area contributed by atoms with Gasteiger partial charge in [0.05, 0.1) is 5.69 Å². The summed E-state index contributed by atoms with van der Waals surface area (Å²) >= 11 is 3.16. The van der Waals surface area contributed by atoms with E-state index in [1.54, 1.807) is 6.07 Å². The van der Waals surface area contributed by atoms with Crippen molar-refractivity contribution in [1.29, 1.82) is 0 Å². The molecule has 1 fully saturated rings. The van der Waals surface area contributed by atoms with Crippen LogP contribution >= 0.6 is 15.9 Å². The summed E-state index contributed by atoms with van der Waals surface area (Å²) in [5.41, 5.74) is -1.54. The molecule has 2 rings (SSSR count). The second kappa shape index (κ2) is 3.47. The minimum atomic E-state index is -4.19. The summed E-state index contributed by atoms with van der Waals surface area (Å²) in [6.45, 7) is 0. The Bertz CT molecular complexity index is 354. The van der Waals surface area contributed by atoms with E-state index >= 15 is 0 Å². The molecule has 1 aliphatic rings. The zero-order chi connectivity index (χ0) is 11.1. The fourth-order valence-corrected chi connectivity index (χ4v) is 2.11. The maximum absolute atomic E-state index is 12.9. The average Bonchev–Trinajstić information content (AvgIpc) is 2.03. The highest BCUT2D eigenvalue weighted by Crippen LogP contribution is 2.53. The molecule has 15 heavy (non-hydrogen) atoms. The van der Waals surface area contributed by atoms with E-state index in [4.69, 9.17) is 0 Å². The molecule has 1 nitrogen and oxygen atoms in total. The minimum Gasteiger partial charge on any atom is -0.259 e. The Morgan fingerprint density at radius 1 is 1.27 bits per heavy atom. The van der Waals surface area contributed by atoms with Crippen molar-refractivity contribution in [2.75, 3.05) is 0 Å². The Morgan fingerprint density at radius 2 is 1.93 bits per heavy atom. The first kappa shape index (κ1) is 10.9. The first-order valence-corrected chi connectivity index (χ1v) is 5.44. The molecule has 1 saturated carbocycles. The molecule has 0 amide bonds. The molecule has 0 saturated heterocycles. The molecule has 1 aromatic rings. The number of alkyl halides is 3. The summed E-state index contributed by atoms with van der Waals surface area (Å²) in [5.74, 6) is 0. The molecule has 5 heteroatoms. The SMILES string of the molecule is FC(F)(F)C1(c2ccc(Br)cn2)CCC1. The zero-order valence-electron chi connectivity index (χ0n) is 7.81. The van der Waals surface area contributed by atoms with E-state index in [9.17, 15) is 13.2 Å². The van der Waals surface area contributed by atoms with Crippen LogP contribution in [0.4, 0.5) is 13.2 Å². The standard InChI is InChI=1S/C10H9BrF3N/c11-7-2-3-8(15-6-7)9(4-1-5-9)10(12,13)14/h2-3,6H,1,4-5H2. The van der Waals surface area contributed by atoms with Gasteiger partial charge in [0.15, 0.2) is 0 Å². The first-order valence-electron chi connectivity index (χ1n) is 4.64. The summed E-state index contributed by atoms with van der Waals surface area (Å²) < 4.78 is 39.4. The maximum atomic E-state index is 12.9. The smallest absolute Gasteiger partial charge is 0.259 e. The van der Waals surface area contributed by atoms with Gasteiger partial charge in [-0.3, -0.25) is 4.98 Å². The molecule has 0 radical (unpaired) electrons. The van der Waals surface area contributed by atoms with Crippen LogP contribution in [0.2, 0.25) is 0 Å². The molecule has 82 valence electrons. The van der Waals surface area contributed by atoms with Gasteiger partial charge in [0, 0.05) is 10.7 Å². The molecule has 0 unspecified atom stereocenters. The van der Waals surface area contributed by atoms with E-state index in [-0.39, 0.29) is 18.5 Å². The molecular weight excluding hydrogens is 271 g/mol. The molecule has 0 spiro atoms. The second-order valence-corrected chi connectivity index (χ2v) is 4.71. The number of hydrogen-bond donors (Lipinski definition) is 0. The third-order valence-electron chi connectivity index (χ3n) is 2.97. The Balaban J connectivity index is 2.39. The molecule has 1 aromatic heterocycles. The van der Waals surface area contributed by atoms with Gasteiger partial charge in [0.1, 0.15) is 5.41 Å². The summed E-state index contributed by atoms with van der Waals surface area (Å²) in [4.78, 5) is 3.87. The van der Waals surface area contributed by atoms with Gasteiger partial charge in [-0.1, -0.05) is 6.42 Å². The van der Waals surface area contributed by atoms with E-state index < -0.39 is 11.6 Å². The Morgan fingerprint density at radius 3 is 2.27 bits per heavy atom. The van der Waals surface area contributed by atoms with Crippen LogP contribution in [0.15, 0.2) is 22.8 Å². The Labute approximate surface area is 93.8 Å². The fraction of sp³-hybridized carbons (Fsp3) is 0.500. The highest BCUT2D eigenvalue weighted by molar-refractivity contribution is 9.10. The molecule has 0 aromatic carbocycles. The van der Waals surface area contributed by atoms with Crippen molar-refractivity contribution in [2.45, 2.75) is 30.9 Å². The van der Waals surface area contributed by atoms with Crippen LogP contribution < -0.4 is 0 Å². The lowest BCUT2D eigenvalue weighted by atomic mass is 9.66. The van der Waals surface area contributed by atoms with E-state index in [0.29, 0.717) is 10.9 Å². The average molecular weight is 280 g/mol. The molecular formula is C10H9BrF3N. The highest BCUT2D eigenvalue weighted by Gasteiger charge is 2.60. The molecule has 0 aliphatic heterocycles. The molecule has 0 bridgehead atoms. The van der Waals surface area contributed by atoms with Crippen LogP contribution in [0.1, 0.15) is 25.0 Å². The van der Waals surface area contributed by atoms with E-state index in [1.807, 2.05) is 0 Å². The fourth-order valence-electron chi connectivity index (χ4n) is 1.87. The largest absolute Gasteiger partial charge is 0.399 e. The van der Waals surface area contributed by atoms with Crippen LogP contribution in [-0.2, 0) is 5.41 Å². The second-order valence-electron chi connectivity index (χ2n) is 3.80. The molecule has 1 aliphatic carbocycles. The van der Waals surface area contributed by atoms with Gasteiger partial charge in [0.2, 0.25) is 0 Å². The van der Waals surface area contributed by atoms with Crippen LogP contribution in [0, 0.1) is 0 Å². The lowest BCUT2D eigenvalue weighted by molar-refractivity contribution is -0.214. The van der Waals surface area contributed by atoms with Crippen molar-refractivity contribution >= 4 is 15.9 Å². The highest BCUT2D eigenvalue weighted by atomic mass is 79.9. The summed E-state index contributed by atoms with van der Waals surface area (Å²) in [5, 5.41) is 0. The number of halogens is 4. The van der Waals surface area contributed by atoms with Crippen molar-refractivity contribution in [3.05, 3.63) is 28.5 Å². The zero-order valence-corrected chi connectivity index (χ0v) is 9.40. The van der Waals surface area contributed by atoms with Crippen LogP contribution in [-0.4, -0.2) is 11.2 Å². The monoisotopic (exact) mass is 279 g/mol. The molecule has 0 N–H and O–H groups in total. The third-order valence-corrected chi connectivity index (χ3v) is 3.44. The first-order chi connectivity index (χ1) is 6.96. The Kier molecular flexibility index (Phi) is 2.53. The van der Waals surface area contributed by atoms with Gasteiger partial charge in [0.25, 0.3) is 0 Å². The van der Waals surface area contributed by atoms with Gasteiger partial charge < -0.3 is 0 Å². The van der Waals surface area contributed by atoms with Crippen LogP contribution in [0.5, 0.6) is 0 Å². The van der Waals surface area contributed by atoms with Crippen molar-refractivity contribution in [3.8, 4) is 0 Å². The van der Waals surface area contributed by atoms with Crippen LogP contribution in [0.25, 0.3) is 0 Å². The van der Waals surface area contributed by atoms with Crippen molar-refractivity contribution in [1.82, 2.24) is 4.98 Å². The predicted molar refractivity (Wildman–Crippen MR) is 53.5 cm³/mol. The lowest BCUT2D eigenvalue weighted by Crippen LogP contribution is -2.48. The van der Waals surface area contributed by atoms with Crippen molar-refractivity contribution < 1.29 is 13.2 Å². The van der Waals surface area contributed by atoms with Gasteiger partial charge in [-0.2, -0.15) is 13.2 Å². The van der Waals surface area contributed by atoms with Crippen molar-refractivity contribution in [3.63, 3.8) is 0 Å². The number of pyridine rings is 1. The molecule has 1 heterocycles. The predicted octanol–water partition coefficient (Wildman–Crippen LogP) is 3.83. The van der Waals surface area contributed by atoms with Gasteiger partial charge >= 0.3 is 6.18 Å². The minimum absolute atomic E-state index is 0.143. The van der Waals surface area contributed by atoms with Gasteiger partial charge in [-0.25, -0.2) is 0 Å².